The summed E-state index contributed by atoms with van der Waals surface area (Å²) in [5.74, 6) is 0.338. The van der Waals surface area contributed by atoms with Crippen molar-refractivity contribution in [3.05, 3.63) is 60.2 Å². The molecule has 87 valence electrons. The molecule has 3 nitrogen and oxygen atoms in total. The van der Waals surface area contributed by atoms with Crippen LogP contribution in [0.1, 0.15) is 5.56 Å². The molecule has 0 aliphatic carbocycles. The van der Waals surface area contributed by atoms with E-state index in [2.05, 4.69) is 6.07 Å². The van der Waals surface area contributed by atoms with Crippen LogP contribution in [0.2, 0.25) is 0 Å². The Kier molecular flexibility index (Phi) is 3.15. The molecule has 0 atom stereocenters. The first-order chi connectivity index (χ1) is 8.09. The molecule has 1 radical (unpaired) electrons. The number of aryl methyl sites for hydroxylation is 1. The number of rotatable bonds is 3. The van der Waals surface area contributed by atoms with Gasteiger partial charge in [0.05, 0.1) is 0 Å². The van der Waals surface area contributed by atoms with Crippen LogP contribution in [0, 0.1) is 13.0 Å². The van der Waals surface area contributed by atoms with E-state index >= 15 is 0 Å². The fourth-order valence-corrected chi connectivity index (χ4v) is 2.32. The molecule has 17 heavy (non-hydrogen) atoms. The van der Waals surface area contributed by atoms with Gasteiger partial charge in [0.2, 0.25) is 0 Å². The molecule has 0 bridgehead atoms. The van der Waals surface area contributed by atoms with Gasteiger partial charge in [-0.2, -0.15) is 8.42 Å². The van der Waals surface area contributed by atoms with Gasteiger partial charge in [0, 0.05) is 6.07 Å². The lowest BCUT2D eigenvalue weighted by atomic mass is 10.2. The van der Waals surface area contributed by atoms with E-state index in [9.17, 15) is 8.42 Å². The van der Waals surface area contributed by atoms with Gasteiger partial charge in [-0.05, 0) is 24.6 Å². The van der Waals surface area contributed by atoms with Crippen LogP contribution < -0.4 is 4.18 Å². The highest BCUT2D eigenvalue weighted by Gasteiger charge is 2.16. The van der Waals surface area contributed by atoms with E-state index in [4.69, 9.17) is 4.18 Å². The second-order valence-corrected chi connectivity index (χ2v) is 5.04. The van der Waals surface area contributed by atoms with Crippen molar-refractivity contribution in [2.24, 2.45) is 0 Å². The summed E-state index contributed by atoms with van der Waals surface area (Å²) in [6.07, 6.45) is 0. The molecule has 0 aliphatic rings. The summed E-state index contributed by atoms with van der Waals surface area (Å²) in [6, 6.07) is 15.9. The fraction of sp³-hybridized carbons (Fsp3) is 0.0769. The van der Waals surface area contributed by atoms with Crippen LogP contribution in [0.5, 0.6) is 5.75 Å². The van der Waals surface area contributed by atoms with Gasteiger partial charge in [-0.25, -0.2) is 0 Å². The monoisotopic (exact) mass is 247 g/mol. The van der Waals surface area contributed by atoms with Gasteiger partial charge >= 0.3 is 10.1 Å². The van der Waals surface area contributed by atoms with Crippen molar-refractivity contribution in [2.45, 2.75) is 11.8 Å². The third-order valence-corrected chi connectivity index (χ3v) is 3.43. The number of hydrogen-bond acceptors (Lipinski definition) is 3. The van der Waals surface area contributed by atoms with E-state index in [1.807, 2.05) is 6.07 Å². The van der Waals surface area contributed by atoms with Crippen LogP contribution in [0.15, 0.2) is 53.4 Å². The third-order valence-electron chi connectivity index (χ3n) is 2.24. The SMILES string of the molecule is Cc1ccccc1OS(=O)(=O)c1[c]cccc1. The number of para-hydroxylation sites is 1. The molecular weight excluding hydrogens is 236 g/mol. The third kappa shape index (κ3) is 2.65. The van der Waals surface area contributed by atoms with E-state index < -0.39 is 10.1 Å². The van der Waals surface area contributed by atoms with E-state index in [1.54, 1.807) is 37.3 Å². The minimum absolute atomic E-state index is 0.0308. The van der Waals surface area contributed by atoms with Crippen molar-refractivity contribution in [1.29, 1.82) is 0 Å². The molecule has 0 fully saturated rings. The largest absolute Gasteiger partial charge is 0.379 e. The first kappa shape index (κ1) is 11.7. The minimum Gasteiger partial charge on any atom is -0.379 e. The maximum absolute atomic E-state index is 11.9. The number of benzene rings is 2. The van der Waals surface area contributed by atoms with Crippen molar-refractivity contribution in [1.82, 2.24) is 0 Å². The highest BCUT2D eigenvalue weighted by Crippen LogP contribution is 2.21. The molecule has 2 aromatic carbocycles. The molecular formula is C13H11O3S. The highest BCUT2D eigenvalue weighted by atomic mass is 32.2. The van der Waals surface area contributed by atoms with Crippen molar-refractivity contribution in [3.63, 3.8) is 0 Å². The second-order valence-electron chi connectivity index (χ2n) is 3.53. The summed E-state index contributed by atoms with van der Waals surface area (Å²) in [7, 11) is -3.79. The summed E-state index contributed by atoms with van der Waals surface area (Å²) in [4.78, 5) is 0.0308. The van der Waals surface area contributed by atoms with Gasteiger partial charge in [0.1, 0.15) is 10.6 Å². The van der Waals surface area contributed by atoms with Gasteiger partial charge in [-0.15, -0.1) is 0 Å². The Morgan fingerprint density at radius 2 is 1.76 bits per heavy atom. The van der Waals surface area contributed by atoms with Gasteiger partial charge in [-0.1, -0.05) is 36.4 Å². The van der Waals surface area contributed by atoms with Crippen LogP contribution in [-0.2, 0) is 10.1 Å². The Morgan fingerprint density at radius 3 is 2.41 bits per heavy atom. The molecule has 0 unspecified atom stereocenters. The zero-order valence-electron chi connectivity index (χ0n) is 9.25. The smallest absolute Gasteiger partial charge is 0.339 e. The van der Waals surface area contributed by atoms with Crippen LogP contribution in [0.4, 0.5) is 0 Å². The van der Waals surface area contributed by atoms with Crippen molar-refractivity contribution >= 4 is 10.1 Å². The average molecular weight is 247 g/mol. The van der Waals surface area contributed by atoms with Gasteiger partial charge < -0.3 is 4.18 Å². The average Bonchev–Trinajstić information content (AvgIpc) is 2.33. The van der Waals surface area contributed by atoms with E-state index in [0.29, 0.717) is 5.75 Å². The van der Waals surface area contributed by atoms with Gasteiger partial charge in [0.15, 0.2) is 0 Å². The lowest BCUT2D eigenvalue weighted by Gasteiger charge is -2.08. The van der Waals surface area contributed by atoms with E-state index in [0.717, 1.165) is 5.56 Å². The normalized spacial score (nSPS) is 11.1. The summed E-state index contributed by atoms with van der Waals surface area (Å²) >= 11 is 0. The first-order valence-corrected chi connectivity index (χ1v) is 6.47. The zero-order valence-corrected chi connectivity index (χ0v) is 10.1. The standard InChI is InChI=1S/C13H11O3S/c1-11-7-5-6-10-13(11)16-17(14,15)12-8-3-2-4-9-12/h2-8,10H,1H3. The van der Waals surface area contributed by atoms with Gasteiger partial charge in [0.25, 0.3) is 0 Å². The molecule has 0 N–H and O–H groups in total. The second kappa shape index (κ2) is 4.59. The molecule has 0 amide bonds. The van der Waals surface area contributed by atoms with E-state index in [1.165, 1.54) is 12.1 Å². The first-order valence-electron chi connectivity index (χ1n) is 5.06. The van der Waals surface area contributed by atoms with Crippen LogP contribution >= 0.6 is 0 Å². The molecule has 0 aromatic heterocycles. The maximum Gasteiger partial charge on any atom is 0.339 e. The zero-order chi connectivity index (χ0) is 12.3. The Hall–Kier alpha value is -1.81. The van der Waals surface area contributed by atoms with Crippen LogP contribution in [0.25, 0.3) is 0 Å². The maximum atomic E-state index is 11.9. The quantitative estimate of drug-likeness (QED) is 0.783. The van der Waals surface area contributed by atoms with Crippen molar-refractivity contribution < 1.29 is 12.6 Å². The molecule has 4 heteroatoms. The minimum atomic E-state index is -3.79. The summed E-state index contributed by atoms with van der Waals surface area (Å²) in [5.41, 5.74) is 0.770. The molecule has 2 rings (SSSR count). The number of hydrogen-bond donors (Lipinski definition) is 0. The molecule has 0 heterocycles. The Balaban J connectivity index is 2.34. The Morgan fingerprint density at radius 1 is 1.06 bits per heavy atom. The summed E-state index contributed by atoms with van der Waals surface area (Å²) in [5, 5.41) is 0. The van der Waals surface area contributed by atoms with Crippen LogP contribution in [-0.4, -0.2) is 8.42 Å². The fourth-order valence-electron chi connectivity index (χ4n) is 1.35. The molecule has 0 spiro atoms. The molecule has 2 aromatic rings. The van der Waals surface area contributed by atoms with E-state index in [-0.39, 0.29) is 4.90 Å². The summed E-state index contributed by atoms with van der Waals surface area (Å²) in [6.45, 7) is 1.79. The Labute approximate surface area is 101 Å². The van der Waals surface area contributed by atoms with Crippen molar-refractivity contribution in [3.8, 4) is 5.75 Å². The lowest BCUT2D eigenvalue weighted by molar-refractivity contribution is 0.484. The molecule has 0 saturated heterocycles. The predicted octanol–water partition coefficient (Wildman–Crippen LogP) is 2.56. The lowest BCUT2D eigenvalue weighted by Crippen LogP contribution is -2.10. The topological polar surface area (TPSA) is 43.4 Å². The summed E-state index contributed by atoms with van der Waals surface area (Å²) < 4.78 is 28.9. The highest BCUT2D eigenvalue weighted by molar-refractivity contribution is 7.87. The molecule has 0 saturated carbocycles. The molecule has 0 aliphatic heterocycles. The Bertz CT molecular complexity index is 604. The van der Waals surface area contributed by atoms with Gasteiger partial charge in [-0.3, -0.25) is 0 Å². The predicted molar refractivity (Wildman–Crippen MR) is 64.3 cm³/mol. The van der Waals surface area contributed by atoms with Crippen LogP contribution in [0.3, 0.4) is 0 Å². The van der Waals surface area contributed by atoms with Crippen molar-refractivity contribution in [2.75, 3.05) is 0 Å².